The Morgan fingerprint density at radius 1 is 1.10 bits per heavy atom. The second-order valence-corrected chi connectivity index (χ2v) is 4.62. The minimum Gasteiger partial charge on any atom is -0.321 e. The van der Waals surface area contributed by atoms with E-state index in [0.29, 0.717) is 11.0 Å². The molecule has 0 saturated heterocycles. The fourth-order valence-corrected chi connectivity index (χ4v) is 1.89. The van der Waals surface area contributed by atoms with Gasteiger partial charge in [0.1, 0.15) is 0 Å². The maximum Gasteiger partial charge on any atom is 0.269 e. The molecule has 0 amide bonds. The highest BCUT2D eigenvalue weighted by molar-refractivity contribution is 6.30. The maximum atomic E-state index is 5.92. The second kappa shape index (κ2) is 6.15. The summed E-state index contributed by atoms with van der Waals surface area (Å²) in [5, 5.41) is 19.3. The molecule has 104 valence electrons. The monoisotopic (exact) mass is 298 g/mol. The first-order valence-corrected chi connectivity index (χ1v) is 6.59. The number of tetrazole rings is 1. The van der Waals surface area contributed by atoms with Crippen LogP contribution in [0, 0.1) is 0 Å². The average molecular weight is 299 g/mol. The van der Waals surface area contributed by atoms with Gasteiger partial charge in [0, 0.05) is 10.7 Å². The number of nitrogens with one attached hydrogen (secondary N) is 1. The van der Waals surface area contributed by atoms with E-state index in [1.807, 2.05) is 42.5 Å². The van der Waals surface area contributed by atoms with E-state index in [1.165, 1.54) is 4.79 Å². The first-order valence-electron chi connectivity index (χ1n) is 6.22. The Kier molecular flexibility index (Phi) is 3.88. The van der Waals surface area contributed by atoms with Gasteiger partial charge in [-0.3, -0.25) is 0 Å². The van der Waals surface area contributed by atoms with Crippen molar-refractivity contribution >= 4 is 29.5 Å². The summed E-state index contributed by atoms with van der Waals surface area (Å²) in [7, 11) is 0. The van der Waals surface area contributed by atoms with Crippen LogP contribution in [0.5, 0.6) is 0 Å². The molecule has 1 N–H and O–H groups in total. The Morgan fingerprint density at radius 3 is 2.76 bits per heavy atom. The molecular formula is C14H11ClN6. The van der Waals surface area contributed by atoms with Crippen LogP contribution < -0.4 is 5.32 Å². The van der Waals surface area contributed by atoms with Crippen LogP contribution in [0.1, 0.15) is 5.56 Å². The molecule has 0 saturated carbocycles. The standard InChI is InChI=1S/C14H11ClN6/c15-12-6-4-5-11(9-12)10-16-21-14(18-19-20-21)17-13-7-2-1-3-8-13/h1-10H,(H,17,18,20). The summed E-state index contributed by atoms with van der Waals surface area (Å²) >= 11 is 5.92. The molecule has 1 heterocycles. The Bertz CT molecular complexity index is 753. The number of hydrogen-bond donors (Lipinski definition) is 1. The van der Waals surface area contributed by atoms with Crippen molar-refractivity contribution in [1.82, 2.24) is 20.3 Å². The van der Waals surface area contributed by atoms with E-state index in [0.717, 1.165) is 11.3 Å². The van der Waals surface area contributed by atoms with Crippen molar-refractivity contribution in [1.29, 1.82) is 0 Å². The molecule has 21 heavy (non-hydrogen) atoms. The molecule has 0 aliphatic carbocycles. The molecule has 0 fully saturated rings. The Balaban J connectivity index is 1.79. The van der Waals surface area contributed by atoms with Crippen molar-refractivity contribution in [2.24, 2.45) is 5.10 Å². The third kappa shape index (κ3) is 3.43. The van der Waals surface area contributed by atoms with Gasteiger partial charge in [0.05, 0.1) is 6.21 Å². The van der Waals surface area contributed by atoms with E-state index in [9.17, 15) is 0 Å². The van der Waals surface area contributed by atoms with Crippen molar-refractivity contribution in [2.75, 3.05) is 5.32 Å². The van der Waals surface area contributed by atoms with E-state index >= 15 is 0 Å². The highest BCUT2D eigenvalue weighted by Crippen LogP contribution is 2.12. The number of rotatable bonds is 4. The van der Waals surface area contributed by atoms with E-state index in [2.05, 4.69) is 25.9 Å². The van der Waals surface area contributed by atoms with Gasteiger partial charge in [-0.25, -0.2) is 0 Å². The van der Waals surface area contributed by atoms with Gasteiger partial charge in [-0.2, -0.15) is 5.10 Å². The molecule has 0 radical (unpaired) electrons. The van der Waals surface area contributed by atoms with Crippen LogP contribution in [0.4, 0.5) is 11.6 Å². The molecule has 0 unspecified atom stereocenters. The van der Waals surface area contributed by atoms with E-state index in [4.69, 9.17) is 11.6 Å². The lowest BCUT2D eigenvalue weighted by Crippen LogP contribution is -2.01. The van der Waals surface area contributed by atoms with Crippen molar-refractivity contribution < 1.29 is 0 Å². The number of halogens is 1. The molecule has 0 bridgehead atoms. The molecule has 0 aliphatic rings. The van der Waals surface area contributed by atoms with Gasteiger partial charge in [-0.1, -0.05) is 51.8 Å². The van der Waals surface area contributed by atoms with Gasteiger partial charge in [-0.05, 0) is 40.3 Å². The van der Waals surface area contributed by atoms with Crippen LogP contribution in [-0.4, -0.2) is 26.5 Å². The van der Waals surface area contributed by atoms with Crippen LogP contribution in [0.15, 0.2) is 59.7 Å². The number of aromatic nitrogens is 4. The van der Waals surface area contributed by atoms with Crippen LogP contribution in [0.3, 0.4) is 0 Å². The average Bonchev–Trinajstić information content (AvgIpc) is 2.93. The molecule has 0 atom stereocenters. The number of nitrogens with zero attached hydrogens (tertiary/aromatic N) is 5. The third-order valence-electron chi connectivity index (χ3n) is 2.65. The molecule has 0 aliphatic heterocycles. The minimum absolute atomic E-state index is 0.430. The van der Waals surface area contributed by atoms with Crippen LogP contribution in [-0.2, 0) is 0 Å². The normalized spacial score (nSPS) is 10.9. The predicted molar refractivity (Wildman–Crippen MR) is 82.0 cm³/mol. The lowest BCUT2D eigenvalue weighted by atomic mass is 10.2. The molecule has 7 heteroatoms. The largest absolute Gasteiger partial charge is 0.321 e. The lowest BCUT2D eigenvalue weighted by Gasteiger charge is -2.02. The topological polar surface area (TPSA) is 68.0 Å². The zero-order chi connectivity index (χ0) is 14.5. The van der Waals surface area contributed by atoms with Crippen molar-refractivity contribution in [3.8, 4) is 0 Å². The number of benzene rings is 2. The highest BCUT2D eigenvalue weighted by atomic mass is 35.5. The van der Waals surface area contributed by atoms with Crippen molar-refractivity contribution in [2.45, 2.75) is 0 Å². The molecule has 3 aromatic rings. The summed E-state index contributed by atoms with van der Waals surface area (Å²) in [5.41, 5.74) is 1.75. The Labute approximate surface area is 126 Å². The second-order valence-electron chi connectivity index (χ2n) is 4.18. The summed E-state index contributed by atoms with van der Waals surface area (Å²) < 4.78 is 0. The molecular weight excluding hydrogens is 288 g/mol. The van der Waals surface area contributed by atoms with E-state index < -0.39 is 0 Å². The zero-order valence-corrected chi connectivity index (χ0v) is 11.6. The third-order valence-corrected chi connectivity index (χ3v) is 2.88. The minimum atomic E-state index is 0.430. The van der Waals surface area contributed by atoms with Crippen molar-refractivity contribution in [3.63, 3.8) is 0 Å². The van der Waals surface area contributed by atoms with Gasteiger partial charge in [0.2, 0.25) is 0 Å². The summed E-state index contributed by atoms with van der Waals surface area (Å²) in [5.74, 6) is 0.430. The molecule has 1 aromatic heterocycles. The van der Waals surface area contributed by atoms with Gasteiger partial charge < -0.3 is 5.32 Å². The summed E-state index contributed by atoms with van der Waals surface area (Å²) in [6, 6.07) is 17.0. The fourth-order valence-electron chi connectivity index (χ4n) is 1.69. The summed E-state index contributed by atoms with van der Waals surface area (Å²) in [4.78, 5) is 1.31. The Hall–Kier alpha value is -2.73. The Morgan fingerprint density at radius 2 is 1.95 bits per heavy atom. The number of hydrogen-bond acceptors (Lipinski definition) is 5. The van der Waals surface area contributed by atoms with E-state index in [1.54, 1.807) is 18.3 Å². The van der Waals surface area contributed by atoms with Gasteiger partial charge in [-0.15, -0.1) is 0 Å². The van der Waals surface area contributed by atoms with E-state index in [-0.39, 0.29) is 0 Å². The van der Waals surface area contributed by atoms with Gasteiger partial charge in [0.15, 0.2) is 0 Å². The van der Waals surface area contributed by atoms with Crippen molar-refractivity contribution in [3.05, 3.63) is 65.2 Å². The van der Waals surface area contributed by atoms with Crippen LogP contribution >= 0.6 is 11.6 Å². The zero-order valence-electron chi connectivity index (χ0n) is 10.9. The molecule has 2 aromatic carbocycles. The molecule has 0 spiro atoms. The SMILES string of the molecule is Clc1cccc(C=Nn2nnnc2Nc2ccccc2)c1. The predicted octanol–water partition coefficient (Wildman–Crippen LogP) is 2.95. The van der Waals surface area contributed by atoms with Crippen LogP contribution in [0.25, 0.3) is 0 Å². The first kappa shape index (κ1) is 13.3. The molecule has 3 rings (SSSR count). The van der Waals surface area contributed by atoms with Gasteiger partial charge in [0.25, 0.3) is 5.95 Å². The lowest BCUT2D eigenvalue weighted by molar-refractivity contribution is 0.699. The quantitative estimate of drug-likeness (QED) is 0.752. The number of para-hydroxylation sites is 1. The molecule has 6 nitrogen and oxygen atoms in total. The fraction of sp³-hybridized carbons (Fsp3) is 0. The smallest absolute Gasteiger partial charge is 0.269 e. The maximum absolute atomic E-state index is 5.92. The van der Waals surface area contributed by atoms with Crippen LogP contribution in [0.2, 0.25) is 5.02 Å². The number of anilines is 2. The first-order chi connectivity index (χ1) is 10.3. The van der Waals surface area contributed by atoms with Gasteiger partial charge >= 0.3 is 0 Å². The summed E-state index contributed by atoms with van der Waals surface area (Å²) in [6.07, 6.45) is 1.64. The highest BCUT2D eigenvalue weighted by Gasteiger charge is 2.04. The summed E-state index contributed by atoms with van der Waals surface area (Å²) in [6.45, 7) is 0.